The van der Waals surface area contributed by atoms with Gasteiger partial charge in [-0.25, -0.2) is 0 Å². The third kappa shape index (κ3) is 4.88. The van der Waals surface area contributed by atoms with Gasteiger partial charge in [0.15, 0.2) is 0 Å². The van der Waals surface area contributed by atoms with Crippen molar-refractivity contribution in [2.75, 3.05) is 0 Å². The van der Waals surface area contributed by atoms with Crippen LogP contribution in [0.25, 0.3) is 131 Å². The van der Waals surface area contributed by atoms with Gasteiger partial charge in [-0.05, 0) is 124 Å². The Balaban J connectivity index is 1.09. The minimum absolute atomic E-state index is 0.823. The van der Waals surface area contributed by atoms with Crippen LogP contribution in [0.15, 0.2) is 215 Å². The van der Waals surface area contributed by atoms with Crippen LogP contribution in [0.3, 0.4) is 0 Å². The summed E-state index contributed by atoms with van der Waals surface area (Å²) in [6, 6.07) is 74.8. The number of hydrogen-bond donors (Lipinski definition) is 0. The van der Waals surface area contributed by atoms with Crippen molar-refractivity contribution < 1.29 is 8.83 Å². The molecule has 2 heterocycles. The van der Waals surface area contributed by atoms with Crippen LogP contribution in [0.5, 0.6) is 0 Å². The van der Waals surface area contributed by atoms with Crippen LogP contribution >= 0.6 is 0 Å². The van der Waals surface area contributed by atoms with Crippen molar-refractivity contribution >= 4 is 87.0 Å². The highest BCUT2D eigenvalue weighted by atomic mass is 16.3. The van der Waals surface area contributed by atoms with Crippen molar-refractivity contribution in [3.8, 4) is 44.5 Å². The molecule has 13 rings (SSSR count). The maximum Gasteiger partial charge on any atom is 0.147 e. The van der Waals surface area contributed by atoms with E-state index in [1.54, 1.807) is 0 Å². The number of rotatable bonds is 4. The first-order valence-electron chi connectivity index (χ1n) is 20.6. The largest absolute Gasteiger partial charge is 0.456 e. The van der Waals surface area contributed by atoms with Gasteiger partial charge in [0.1, 0.15) is 22.3 Å². The minimum atomic E-state index is 0.823. The molecule has 0 bridgehead atoms. The van der Waals surface area contributed by atoms with E-state index in [2.05, 4.69) is 194 Å². The Morgan fingerprint density at radius 1 is 0.250 bits per heavy atom. The van der Waals surface area contributed by atoms with Crippen molar-refractivity contribution in [1.29, 1.82) is 0 Å². The average Bonchev–Trinajstić information content (AvgIpc) is 3.88. The molecular formula is C58H34O2. The molecule has 0 atom stereocenters. The summed E-state index contributed by atoms with van der Waals surface area (Å²) in [4.78, 5) is 0. The van der Waals surface area contributed by atoms with Crippen LogP contribution < -0.4 is 0 Å². The van der Waals surface area contributed by atoms with Gasteiger partial charge < -0.3 is 8.83 Å². The Labute approximate surface area is 345 Å². The first kappa shape index (κ1) is 33.1. The molecule has 0 spiro atoms. The Kier molecular flexibility index (Phi) is 7.05. The molecule has 0 radical (unpaired) electrons. The fraction of sp³-hybridized carbons (Fsp3) is 0. The monoisotopic (exact) mass is 762 g/mol. The van der Waals surface area contributed by atoms with E-state index in [-0.39, 0.29) is 0 Å². The van der Waals surface area contributed by atoms with E-state index < -0.39 is 0 Å². The Bertz CT molecular complexity index is 3870. The second-order valence-corrected chi connectivity index (χ2v) is 15.9. The molecule has 0 fully saturated rings. The number of benzene rings is 11. The molecule has 0 aliphatic rings. The Hall–Kier alpha value is -7.94. The molecule has 0 amide bonds. The molecule has 0 aliphatic carbocycles. The number of furan rings is 2. The topological polar surface area (TPSA) is 26.3 Å². The van der Waals surface area contributed by atoms with Gasteiger partial charge in [-0.15, -0.1) is 0 Å². The van der Waals surface area contributed by atoms with Crippen LogP contribution in [-0.4, -0.2) is 0 Å². The first-order valence-corrected chi connectivity index (χ1v) is 20.6. The highest BCUT2D eigenvalue weighted by Crippen LogP contribution is 2.47. The lowest BCUT2D eigenvalue weighted by molar-refractivity contribution is 0.663. The standard InChI is InChI=1S/C58H34O2/c1-3-15-41-35(11-1)13-9-20-43(41)37-23-25-38(26-24-37)55-46-18-5-6-19-47(46)56(50-33-39(27-29-48(50)55)44-21-10-14-36-12-2-4-16-42(36)44)40-28-31-53-51(34-40)57-54(59-53)32-30-49-45-17-7-8-22-52(45)60-58(49)57/h1-34H. The summed E-state index contributed by atoms with van der Waals surface area (Å²) in [7, 11) is 0. The lowest BCUT2D eigenvalue weighted by atomic mass is 9.84. The SMILES string of the molecule is c1ccc2c(-c3ccc(-c4c5ccccc5c(-c5ccc6oc7ccc8c9ccccc9oc8c7c6c5)c5cc(-c6cccc7ccccc67)ccc45)cc3)cccc2c1. The van der Waals surface area contributed by atoms with Gasteiger partial charge >= 0.3 is 0 Å². The molecule has 0 unspecified atom stereocenters. The van der Waals surface area contributed by atoms with Crippen LogP contribution in [0, 0.1) is 0 Å². The van der Waals surface area contributed by atoms with E-state index in [4.69, 9.17) is 8.83 Å². The molecule has 0 N–H and O–H groups in total. The smallest absolute Gasteiger partial charge is 0.147 e. The molecule has 2 heteroatoms. The summed E-state index contributed by atoms with van der Waals surface area (Å²) in [5, 5.41) is 14.1. The Morgan fingerprint density at radius 2 is 0.733 bits per heavy atom. The van der Waals surface area contributed by atoms with Crippen molar-refractivity contribution in [3.63, 3.8) is 0 Å². The van der Waals surface area contributed by atoms with E-state index >= 15 is 0 Å². The summed E-state index contributed by atoms with van der Waals surface area (Å²) in [5.74, 6) is 0. The van der Waals surface area contributed by atoms with Gasteiger partial charge in [0.2, 0.25) is 0 Å². The predicted octanol–water partition coefficient (Wildman–Crippen LogP) is 16.8. The number of para-hydroxylation sites is 1. The quantitative estimate of drug-likeness (QED) is 0.167. The predicted molar refractivity (Wildman–Crippen MR) is 253 cm³/mol. The van der Waals surface area contributed by atoms with E-state index in [9.17, 15) is 0 Å². The molecule has 11 aromatic carbocycles. The van der Waals surface area contributed by atoms with E-state index in [0.29, 0.717) is 0 Å². The summed E-state index contributed by atoms with van der Waals surface area (Å²) in [5.41, 5.74) is 13.0. The van der Waals surface area contributed by atoms with Gasteiger partial charge in [-0.2, -0.15) is 0 Å². The lowest BCUT2D eigenvalue weighted by Gasteiger charge is -2.19. The van der Waals surface area contributed by atoms with Crippen LogP contribution in [0.2, 0.25) is 0 Å². The number of hydrogen-bond acceptors (Lipinski definition) is 2. The zero-order valence-corrected chi connectivity index (χ0v) is 32.4. The molecule has 0 saturated heterocycles. The molecule has 0 aliphatic heterocycles. The third-order valence-corrected chi connectivity index (χ3v) is 12.7. The zero-order chi connectivity index (χ0) is 39.3. The molecular weight excluding hydrogens is 729 g/mol. The Morgan fingerprint density at radius 3 is 1.47 bits per heavy atom. The first-order chi connectivity index (χ1) is 29.7. The van der Waals surface area contributed by atoms with E-state index in [0.717, 1.165) is 49.4 Å². The summed E-state index contributed by atoms with van der Waals surface area (Å²) in [6.07, 6.45) is 0. The third-order valence-electron chi connectivity index (χ3n) is 12.7. The molecule has 2 aromatic heterocycles. The van der Waals surface area contributed by atoms with Crippen molar-refractivity contribution in [3.05, 3.63) is 206 Å². The molecule has 13 aromatic rings. The molecule has 0 saturated carbocycles. The average molecular weight is 763 g/mol. The normalized spacial score (nSPS) is 12.0. The van der Waals surface area contributed by atoms with Crippen LogP contribution in [0.1, 0.15) is 0 Å². The van der Waals surface area contributed by atoms with Crippen LogP contribution in [0.4, 0.5) is 0 Å². The van der Waals surface area contributed by atoms with Gasteiger partial charge in [-0.1, -0.05) is 170 Å². The van der Waals surface area contributed by atoms with Gasteiger partial charge in [0, 0.05) is 16.2 Å². The molecule has 278 valence electrons. The maximum atomic E-state index is 6.58. The van der Waals surface area contributed by atoms with Crippen LogP contribution in [-0.2, 0) is 0 Å². The fourth-order valence-corrected chi connectivity index (χ4v) is 9.94. The second-order valence-electron chi connectivity index (χ2n) is 15.9. The van der Waals surface area contributed by atoms with E-state index in [1.165, 1.54) is 82.0 Å². The second kappa shape index (κ2) is 12.8. The van der Waals surface area contributed by atoms with Gasteiger partial charge in [0.25, 0.3) is 0 Å². The summed E-state index contributed by atoms with van der Waals surface area (Å²) < 4.78 is 13.1. The van der Waals surface area contributed by atoms with E-state index in [1.807, 2.05) is 12.1 Å². The summed E-state index contributed by atoms with van der Waals surface area (Å²) >= 11 is 0. The highest BCUT2D eigenvalue weighted by Gasteiger charge is 2.21. The zero-order valence-electron chi connectivity index (χ0n) is 32.4. The minimum Gasteiger partial charge on any atom is -0.456 e. The maximum absolute atomic E-state index is 6.58. The molecule has 2 nitrogen and oxygen atoms in total. The summed E-state index contributed by atoms with van der Waals surface area (Å²) in [6.45, 7) is 0. The fourth-order valence-electron chi connectivity index (χ4n) is 9.94. The lowest BCUT2D eigenvalue weighted by Crippen LogP contribution is -1.92. The van der Waals surface area contributed by atoms with Gasteiger partial charge in [0.05, 0.1) is 5.39 Å². The van der Waals surface area contributed by atoms with Crippen molar-refractivity contribution in [1.82, 2.24) is 0 Å². The van der Waals surface area contributed by atoms with Crippen molar-refractivity contribution in [2.24, 2.45) is 0 Å². The number of fused-ring (bicyclic) bond motifs is 11. The molecule has 60 heavy (non-hydrogen) atoms. The van der Waals surface area contributed by atoms with Crippen molar-refractivity contribution in [2.45, 2.75) is 0 Å². The highest BCUT2D eigenvalue weighted by molar-refractivity contribution is 6.25. The van der Waals surface area contributed by atoms with Gasteiger partial charge in [-0.3, -0.25) is 0 Å².